The van der Waals surface area contributed by atoms with Crippen LogP contribution in [0.4, 0.5) is 15.9 Å². The predicted molar refractivity (Wildman–Crippen MR) is 142 cm³/mol. The smallest absolute Gasteiger partial charge is 0.131 e. The van der Waals surface area contributed by atoms with Crippen LogP contribution < -0.4 is 16.0 Å². The Kier molecular flexibility index (Phi) is 9.41. The molecule has 9 heteroatoms. The topological polar surface area (TPSA) is 87.7 Å². The Labute approximate surface area is 218 Å². The van der Waals surface area contributed by atoms with E-state index in [9.17, 15) is 9.50 Å². The molecule has 2 aromatic rings. The van der Waals surface area contributed by atoms with Gasteiger partial charge in [0.2, 0.25) is 0 Å². The molecule has 1 aromatic heterocycles. The van der Waals surface area contributed by atoms with E-state index in [0.29, 0.717) is 79.3 Å². The number of methoxy groups -OCH3 is 1. The Morgan fingerprint density at radius 1 is 1.17 bits per heavy atom. The minimum atomic E-state index is -0.825. The highest BCUT2D eigenvalue weighted by molar-refractivity contribution is 6.33. The zero-order chi connectivity index (χ0) is 25.5. The van der Waals surface area contributed by atoms with Gasteiger partial charge in [-0.15, -0.1) is 0 Å². The van der Waals surface area contributed by atoms with Crippen LogP contribution in [0.5, 0.6) is 0 Å². The predicted octanol–water partition coefficient (Wildman–Crippen LogP) is 4.84. The van der Waals surface area contributed by atoms with Crippen molar-refractivity contribution in [2.24, 2.45) is 0 Å². The van der Waals surface area contributed by atoms with E-state index in [0.717, 1.165) is 31.4 Å². The van der Waals surface area contributed by atoms with Crippen molar-refractivity contribution < 1.29 is 19.0 Å². The molecule has 1 aromatic carbocycles. The molecule has 1 aliphatic heterocycles. The van der Waals surface area contributed by atoms with Gasteiger partial charge >= 0.3 is 0 Å². The monoisotopic (exact) mass is 520 g/mol. The molecule has 1 saturated heterocycles. The van der Waals surface area contributed by atoms with Gasteiger partial charge in [-0.05, 0) is 56.9 Å². The quantitative estimate of drug-likeness (QED) is 0.356. The fraction of sp³-hybridized carbons (Fsp3) is 0.593. The largest absolute Gasteiger partial charge is 0.388 e. The molecule has 0 radical (unpaired) electrons. The Morgan fingerprint density at radius 2 is 1.89 bits per heavy atom. The lowest BCUT2D eigenvalue weighted by Crippen LogP contribution is -2.42. The summed E-state index contributed by atoms with van der Waals surface area (Å²) in [6, 6.07) is 7.79. The lowest BCUT2D eigenvalue weighted by atomic mass is 9.90. The van der Waals surface area contributed by atoms with Crippen molar-refractivity contribution in [2.45, 2.75) is 69.2 Å². The third-order valence-electron chi connectivity index (χ3n) is 7.17. The molecule has 2 fully saturated rings. The standard InChI is InChI=1S/C27H38ClFN4O3/c1-18(16-35-2)32-19-3-5-20(6-4-19)33-26-14-22(24(28)15-30-26)23-13-21(7-8-25(23)29)31-17-27(34)9-11-36-12-10-27/h7-8,13-15,18-20,31-32,34H,3-6,9-12,16-17H2,1-2H3,(H,30,33)/t18-,19?,20?/m1/s1. The second-order valence-corrected chi connectivity index (χ2v) is 10.6. The molecule has 1 saturated carbocycles. The molecule has 0 spiro atoms. The Bertz CT molecular complexity index is 997. The van der Waals surface area contributed by atoms with E-state index < -0.39 is 5.60 Å². The first-order valence-corrected chi connectivity index (χ1v) is 13.2. The average molecular weight is 521 g/mol. The van der Waals surface area contributed by atoms with E-state index in [-0.39, 0.29) is 5.82 Å². The lowest BCUT2D eigenvalue weighted by molar-refractivity contribution is -0.0543. The SMILES string of the molecule is COC[C@@H](C)NC1CCC(Nc2cc(-c3cc(NCC4(O)CCOCC4)ccc3F)c(Cl)cn2)CC1. The summed E-state index contributed by atoms with van der Waals surface area (Å²) in [5.74, 6) is 0.328. The van der Waals surface area contributed by atoms with Gasteiger partial charge < -0.3 is 30.5 Å². The first-order valence-electron chi connectivity index (χ1n) is 12.9. The fourth-order valence-corrected chi connectivity index (χ4v) is 5.28. The summed E-state index contributed by atoms with van der Waals surface area (Å²) in [6.45, 7) is 4.31. The maximum absolute atomic E-state index is 14.9. The molecular formula is C27H38ClFN4O3. The van der Waals surface area contributed by atoms with Crippen LogP contribution in [0, 0.1) is 5.82 Å². The normalized spacial score (nSPS) is 22.7. The number of benzene rings is 1. The molecule has 0 unspecified atom stereocenters. The minimum Gasteiger partial charge on any atom is -0.388 e. The number of hydrogen-bond acceptors (Lipinski definition) is 7. The molecule has 2 aliphatic rings. The summed E-state index contributed by atoms with van der Waals surface area (Å²) < 4.78 is 25.5. The van der Waals surface area contributed by atoms with Crippen LogP contribution in [-0.2, 0) is 9.47 Å². The van der Waals surface area contributed by atoms with Gasteiger partial charge in [0, 0.05) is 80.8 Å². The number of pyridine rings is 1. The zero-order valence-corrected chi connectivity index (χ0v) is 21.9. The number of anilines is 2. The summed E-state index contributed by atoms with van der Waals surface area (Å²) in [7, 11) is 1.72. The minimum absolute atomic E-state index is 0.306. The number of halogens is 2. The zero-order valence-electron chi connectivity index (χ0n) is 21.2. The summed E-state index contributed by atoms with van der Waals surface area (Å²) in [5.41, 5.74) is 0.884. The van der Waals surface area contributed by atoms with E-state index >= 15 is 0 Å². The van der Waals surface area contributed by atoms with Gasteiger partial charge in [0.05, 0.1) is 17.2 Å². The van der Waals surface area contributed by atoms with Crippen molar-refractivity contribution in [2.75, 3.05) is 44.1 Å². The fourth-order valence-electron chi connectivity index (χ4n) is 5.07. The number of aliphatic hydroxyl groups is 1. The number of nitrogens with one attached hydrogen (secondary N) is 3. The van der Waals surface area contributed by atoms with Crippen LogP contribution in [0.15, 0.2) is 30.5 Å². The first-order chi connectivity index (χ1) is 17.3. The van der Waals surface area contributed by atoms with Gasteiger partial charge in [-0.3, -0.25) is 0 Å². The van der Waals surface area contributed by atoms with Crippen molar-refractivity contribution in [1.29, 1.82) is 0 Å². The lowest BCUT2D eigenvalue weighted by Gasteiger charge is -2.32. The van der Waals surface area contributed by atoms with Crippen molar-refractivity contribution in [1.82, 2.24) is 10.3 Å². The molecule has 2 heterocycles. The van der Waals surface area contributed by atoms with Gasteiger partial charge in [-0.2, -0.15) is 0 Å². The third-order valence-corrected chi connectivity index (χ3v) is 7.47. The Balaban J connectivity index is 1.40. The highest BCUT2D eigenvalue weighted by Crippen LogP contribution is 2.34. The second kappa shape index (κ2) is 12.5. The molecule has 198 valence electrons. The van der Waals surface area contributed by atoms with E-state index in [4.69, 9.17) is 21.1 Å². The van der Waals surface area contributed by atoms with Crippen molar-refractivity contribution in [3.05, 3.63) is 41.3 Å². The maximum Gasteiger partial charge on any atom is 0.131 e. The number of hydrogen-bond donors (Lipinski definition) is 4. The molecular weight excluding hydrogens is 483 g/mol. The molecule has 7 nitrogen and oxygen atoms in total. The van der Waals surface area contributed by atoms with E-state index in [1.165, 1.54) is 6.07 Å². The molecule has 4 rings (SSSR count). The summed E-state index contributed by atoms with van der Waals surface area (Å²) in [6.07, 6.45) is 6.92. The van der Waals surface area contributed by atoms with Crippen LogP contribution in [0.2, 0.25) is 5.02 Å². The highest BCUT2D eigenvalue weighted by Gasteiger charge is 2.29. The first kappa shape index (κ1) is 27.1. The van der Waals surface area contributed by atoms with Crippen LogP contribution in [0.25, 0.3) is 11.1 Å². The number of aromatic nitrogens is 1. The number of ether oxygens (including phenoxy) is 2. The molecule has 0 amide bonds. The van der Waals surface area contributed by atoms with Crippen LogP contribution in [-0.4, -0.2) is 67.3 Å². The molecule has 1 atom stereocenters. The number of rotatable bonds is 10. The molecule has 1 aliphatic carbocycles. The van der Waals surface area contributed by atoms with Gasteiger partial charge in [0.15, 0.2) is 0 Å². The Morgan fingerprint density at radius 3 is 2.61 bits per heavy atom. The van der Waals surface area contributed by atoms with Crippen LogP contribution in [0.3, 0.4) is 0 Å². The summed E-state index contributed by atoms with van der Waals surface area (Å²) in [5, 5.41) is 21.5. The van der Waals surface area contributed by atoms with Gasteiger partial charge in [-0.25, -0.2) is 9.37 Å². The molecule has 36 heavy (non-hydrogen) atoms. The van der Waals surface area contributed by atoms with E-state index in [2.05, 4.69) is 27.9 Å². The van der Waals surface area contributed by atoms with Crippen molar-refractivity contribution >= 4 is 23.1 Å². The van der Waals surface area contributed by atoms with E-state index in [1.807, 2.05) is 6.07 Å². The molecule has 0 bridgehead atoms. The average Bonchev–Trinajstić information content (AvgIpc) is 2.87. The van der Waals surface area contributed by atoms with Crippen molar-refractivity contribution in [3.8, 4) is 11.1 Å². The van der Waals surface area contributed by atoms with Gasteiger partial charge in [-0.1, -0.05) is 11.6 Å². The van der Waals surface area contributed by atoms with Crippen molar-refractivity contribution in [3.63, 3.8) is 0 Å². The number of nitrogens with zero attached hydrogens (tertiary/aromatic N) is 1. The Hall–Kier alpha value is -1.97. The maximum atomic E-state index is 14.9. The van der Waals surface area contributed by atoms with Gasteiger partial charge in [0.1, 0.15) is 11.6 Å². The van der Waals surface area contributed by atoms with Crippen LogP contribution >= 0.6 is 11.6 Å². The van der Waals surface area contributed by atoms with Crippen LogP contribution in [0.1, 0.15) is 45.4 Å². The molecule has 4 N–H and O–H groups in total. The van der Waals surface area contributed by atoms with E-state index in [1.54, 1.807) is 25.4 Å². The third kappa shape index (κ3) is 7.29. The summed E-state index contributed by atoms with van der Waals surface area (Å²) >= 11 is 6.46. The van der Waals surface area contributed by atoms with Gasteiger partial charge in [0.25, 0.3) is 0 Å². The second-order valence-electron chi connectivity index (χ2n) is 10.2. The highest BCUT2D eigenvalue weighted by atomic mass is 35.5. The summed E-state index contributed by atoms with van der Waals surface area (Å²) in [4.78, 5) is 4.45.